The van der Waals surface area contributed by atoms with Crippen LogP contribution >= 0.6 is 15.9 Å². The zero-order chi connectivity index (χ0) is 23.0. The number of hydrogen-bond donors (Lipinski definition) is 1. The van der Waals surface area contributed by atoms with Crippen LogP contribution in [-0.4, -0.2) is 43.0 Å². The molecule has 0 bridgehead atoms. The molecule has 0 radical (unpaired) electrons. The summed E-state index contributed by atoms with van der Waals surface area (Å²) in [7, 11) is 1.59. The normalized spacial score (nSPS) is 11.7. The molecule has 0 aliphatic rings. The molecule has 2 rings (SSSR count). The summed E-state index contributed by atoms with van der Waals surface area (Å²) in [5, 5.41) is 2.78. The predicted octanol–water partition coefficient (Wildman–Crippen LogP) is 4.51. The molecule has 0 fully saturated rings. The van der Waals surface area contributed by atoms with Gasteiger partial charge in [-0.15, -0.1) is 0 Å². The number of likely N-dealkylation sites (N-methyl/N-ethyl adjacent to an activating group) is 1. The molecule has 6 nitrogen and oxygen atoms in total. The van der Waals surface area contributed by atoms with Gasteiger partial charge in [0.1, 0.15) is 17.5 Å². The highest BCUT2D eigenvalue weighted by molar-refractivity contribution is 9.10. The smallest absolute Gasteiger partial charge is 0.261 e. The fourth-order valence-electron chi connectivity index (χ4n) is 3.09. The van der Waals surface area contributed by atoms with Crippen LogP contribution in [-0.2, 0) is 16.1 Å². The van der Waals surface area contributed by atoms with E-state index in [0.29, 0.717) is 24.0 Å². The Balaban J connectivity index is 2.18. The van der Waals surface area contributed by atoms with E-state index in [-0.39, 0.29) is 25.0 Å². The van der Waals surface area contributed by atoms with Crippen molar-refractivity contribution in [3.8, 4) is 11.5 Å². The number of hydrogen-bond acceptors (Lipinski definition) is 4. The van der Waals surface area contributed by atoms with Crippen molar-refractivity contribution in [3.63, 3.8) is 0 Å². The van der Waals surface area contributed by atoms with Gasteiger partial charge in [0, 0.05) is 13.1 Å². The molecule has 1 atom stereocenters. The summed E-state index contributed by atoms with van der Waals surface area (Å²) in [6.07, 6.45) is 0. The topological polar surface area (TPSA) is 67.9 Å². The highest BCUT2D eigenvalue weighted by Crippen LogP contribution is 2.29. The number of ether oxygens (including phenoxy) is 2. The first kappa shape index (κ1) is 24.7. The van der Waals surface area contributed by atoms with E-state index in [2.05, 4.69) is 35.1 Å². The molecule has 0 aliphatic heterocycles. The molecule has 7 heteroatoms. The summed E-state index contributed by atoms with van der Waals surface area (Å²) in [5.41, 5.74) is 2.04. The Bertz CT molecular complexity index is 901. The van der Waals surface area contributed by atoms with E-state index >= 15 is 0 Å². The summed E-state index contributed by atoms with van der Waals surface area (Å²) in [4.78, 5) is 27.1. The Kier molecular flexibility index (Phi) is 9.37. The monoisotopic (exact) mass is 490 g/mol. The molecule has 31 heavy (non-hydrogen) atoms. The number of carbonyl (C=O) groups excluding carboxylic acids is 2. The van der Waals surface area contributed by atoms with Gasteiger partial charge >= 0.3 is 0 Å². The van der Waals surface area contributed by atoms with Crippen LogP contribution in [0.1, 0.15) is 44.7 Å². The molecule has 0 heterocycles. The van der Waals surface area contributed by atoms with Crippen LogP contribution in [0.4, 0.5) is 0 Å². The van der Waals surface area contributed by atoms with E-state index < -0.39 is 6.04 Å². The van der Waals surface area contributed by atoms with E-state index in [1.807, 2.05) is 49.4 Å². The summed E-state index contributed by atoms with van der Waals surface area (Å²) in [5.74, 6) is 1.19. The lowest BCUT2D eigenvalue weighted by Gasteiger charge is -2.28. The number of nitrogens with one attached hydrogen (secondary N) is 1. The number of amides is 2. The van der Waals surface area contributed by atoms with Gasteiger partial charge in [-0.05, 0) is 71.1 Å². The first-order chi connectivity index (χ1) is 14.8. The van der Waals surface area contributed by atoms with Crippen molar-refractivity contribution in [2.75, 3.05) is 20.3 Å². The lowest BCUT2D eigenvalue weighted by molar-refractivity contribution is -0.142. The minimum atomic E-state index is -0.644. The van der Waals surface area contributed by atoms with Crippen molar-refractivity contribution in [1.29, 1.82) is 0 Å². The molecular formula is C24H31BrN2O4. The Morgan fingerprint density at radius 2 is 1.87 bits per heavy atom. The SMILES string of the molecule is CCNC(=O)C(C)N(Cc1cccc(OC)c1)C(=O)COc1ccc(C(C)C)cc1Br. The second kappa shape index (κ2) is 11.7. The minimum Gasteiger partial charge on any atom is -0.497 e. The zero-order valence-corrected chi connectivity index (χ0v) is 20.4. The maximum absolute atomic E-state index is 13.1. The zero-order valence-electron chi connectivity index (χ0n) is 18.8. The van der Waals surface area contributed by atoms with Crippen LogP contribution in [0.25, 0.3) is 0 Å². The molecule has 2 amide bonds. The number of nitrogens with zero attached hydrogens (tertiary/aromatic N) is 1. The maximum atomic E-state index is 13.1. The fourth-order valence-corrected chi connectivity index (χ4v) is 3.60. The van der Waals surface area contributed by atoms with Crippen molar-refractivity contribution in [3.05, 3.63) is 58.1 Å². The summed E-state index contributed by atoms with van der Waals surface area (Å²) >= 11 is 3.52. The van der Waals surface area contributed by atoms with Crippen LogP contribution in [0.5, 0.6) is 11.5 Å². The third-order valence-corrected chi connectivity index (χ3v) is 5.60. The van der Waals surface area contributed by atoms with Crippen molar-refractivity contribution < 1.29 is 19.1 Å². The van der Waals surface area contributed by atoms with E-state index in [9.17, 15) is 9.59 Å². The molecular weight excluding hydrogens is 460 g/mol. The second-order valence-electron chi connectivity index (χ2n) is 7.58. The van der Waals surface area contributed by atoms with Gasteiger partial charge in [-0.25, -0.2) is 0 Å². The first-order valence-electron chi connectivity index (χ1n) is 10.4. The molecule has 0 aromatic heterocycles. The van der Waals surface area contributed by atoms with Crippen molar-refractivity contribution in [2.24, 2.45) is 0 Å². The van der Waals surface area contributed by atoms with Gasteiger partial charge in [-0.1, -0.05) is 32.0 Å². The molecule has 2 aromatic carbocycles. The largest absolute Gasteiger partial charge is 0.497 e. The molecule has 2 aromatic rings. The lowest BCUT2D eigenvalue weighted by Crippen LogP contribution is -2.49. The minimum absolute atomic E-state index is 0.173. The van der Waals surface area contributed by atoms with Crippen LogP contribution < -0.4 is 14.8 Å². The average molecular weight is 491 g/mol. The Morgan fingerprint density at radius 3 is 2.48 bits per heavy atom. The van der Waals surface area contributed by atoms with E-state index in [4.69, 9.17) is 9.47 Å². The highest BCUT2D eigenvalue weighted by Gasteiger charge is 2.26. The van der Waals surface area contributed by atoms with E-state index in [1.54, 1.807) is 14.0 Å². The molecule has 0 saturated heterocycles. The van der Waals surface area contributed by atoms with Gasteiger partial charge in [-0.3, -0.25) is 9.59 Å². The quantitative estimate of drug-likeness (QED) is 0.531. The third-order valence-electron chi connectivity index (χ3n) is 4.98. The molecule has 168 valence electrons. The van der Waals surface area contributed by atoms with Crippen LogP contribution in [0.2, 0.25) is 0 Å². The van der Waals surface area contributed by atoms with Gasteiger partial charge in [0.15, 0.2) is 6.61 Å². The summed E-state index contributed by atoms with van der Waals surface area (Å²) in [6.45, 7) is 8.39. The Morgan fingerprint density at radius 1 is 1.13 bits per heavy atom. The van der Waals surface area contributed by atoms with Gasteiger partial charge in [0.2, 0.25) is 5.91 Å². The van der Waals surface area contributed by atoms with Gasteiger partial charge in [-0.2, -0.15) is 0 Å². The van der Waals surface area contributed by atoms with E-state index in [1.165, 1.54) is 10.5 Å². The van der Waals surface area contributed by atoms with Gasteiger partial charge in [0.25, 0.3) is 5.91 Å². The number of rotatable bonds is 10. The number of benzene rings is 2. The maximum Gasteiger partial charge on any atom is 0.261 e. The van der Waals surface area contributed by atoms with E-state index in [0.717, 1.165) is 10.0 Å². The lowest BCUT2D eigenvalue weighted by atomic mass is 10.0. The summed E-state index contributed by atoms with van der Waals surface area (Å²) in [6, 6.07) is 12.6. The molecule has 0 saturated carbocycles. The fraction of sp³-hybridized carbons (Fsp3) is 0.417. The van der Waals surface area contributed by atoms with Gasteiger partial charge < -0.3 is 19.7 Å². The molecule has 0 spiro atoms. The standard InChI is InChI=1S/C24H31BrN2O4/c1-6-26-24(29)17(4)27(14-18-8-7-9-20(12-18)30-5)23(28)15-31-22-11-10-19(16(2)3)13-21(22)25/h7-13,16-17H,6,14-15H2,1-5H3,(H,26,29). The number of methoxy groups -OCH3 is 1. The number of halogens is 1. The predicted molar refractivity (Wildman–Crippen MR) is 125 cm³/mol. The van der Waals surface area contributed by atoms with Crippen molar-refractivity contribution in [2.45, 2.75) is 46.2 Å². The highest BCUT2D eigenvalue weighted by atomic mass is 79.9. The van der Waals surface area contributed by atoms with Crippen LogP contribution in [0, 0.1) is 0 Å². The average Bonchev–Trinajstić information content (AvgIpc) is 2.76. The van der Waals surface area contributed by atoms with Crippen molar-refractivity contribution >= 4 is 27.7 Å². The Hall–Kier alpha value is -2.54. The first-order valence-corrected chi connectivity index (χ1v) is 11.2. The van der Waals surface area contributed by atoms with Crippen LogP contribution in [0.15, 0.2) is 46.9 Å². The second-order valence-corrected chi connectivity index (χ2v) is 8.43. The molecule has 1 unspecified atom stereocenters. The number of carbonyl (C=O) groups is 2. The molecule has 0 aliphatic carbocycles. The Labute approximate surface area is 193 Å². The van der Waals surface area contributed by atoms with Crippen molar-refractivity contribution in [1.82, 2.24) is 10.2 Å². The third kappa shape index (κ3) is 6.99. The van der Waals surface area contributed by atoms with Crippen LogP contribution in [0.3, 0.4) is 0 Å². The summed E-state index contributed by atoms with van der Waals surface area (Å²) < 4.78 is 11.9. The molecule has 1 N–H and O–H groups in total. The van der Waals surface area contributed by atoms with Gasteiger partial charge in [0.05, 0.1) is 11.6 Å².